The molecule has 34 heavy (non-hydrogen) atoms. The van der Waals surface area contributed by atoms with E-state index in [0.717, 1.165) is 4.90 Å². The summed E-state index contributed by atoms with van der Waals surface area (Å²) >= 11 is 0. The van der Waals surface area contributed by atoms with Crippen LogP contribution in [0.3, 0.4) is 0 Å². The van der Waals surface area contributed by atoms with E-state index in [9.17, 15) is 24.0 Å². The standard InChI is InChI=1S/C25H16N2O7/c28-21-17-5-4-15-19-16-6-7-18(20(17)19)26(21)8-10-33-24(31)13-2-1-3-14(12-13)25(32)34-11-9-27(22(15)29)23(16)30/h1-7,12H,8-11H2. The highest BCUT2D eigenvalue weighted by Crippen LogP contribution is 2.42. The number of carbonyl (C=O) groups excluding carboxylic acids is 5. The van der Waals surface area contributed by atoms with Crippen molar-refractivity contribution in [3.05, 3.63) is 76.3 Å². The van der Waals surface area contributed by atoms with Crippen LogP contribution in [0, 0.1) is 0 Å². The Bertz CT molecular complexity index is 1450. The van der Waals surface area contributed by atoms with Crippen LogP contribution < -0.4 is 4.90 Å². The lowest BCUT2D eigenvalue weighted by Crippen LogP contribution is -2.42. The van der Waals surface area contributed by atoms with Crippen molar-refractivity contribution < 1.29 is 33.4 Å². The summed E-state index contributed by atoms with van der Waals surface area (Å²) in [5, 5.41) is 0.968. The molecule has 0 saturated carbocycles. The van der Waals surface area contributed by atoms with E-state index >= 15 is 0 Å². The van der Waals surface area contributed by atoms with E-state index in [-0.39, 0.29) is 43.3 Å². The van der Waals surface area contributed by atoms with Gasteiger partial charge in [0.05, 0.1) is 29.9 Å². The van der Waals surface area contributed by atoms with Gasteiger partial charge < -0.3 is 14.4 Å². The molecule has 0 aliphatic carbocycles. The summed E-state index contributed by atoms with van der Waals surface area (Å²) in [5.74, 6) is -2.65. The zero-order valence-corrected chi connectivity index (χ0v) is 17.7. The first-order valence-electron chi connectivity index (χ1n) is 10.7. The molecular weight excluding hydrogens is 440 g/mol. The van der Waals surface area contributed by atoms with Crippen molar-refractivity contribution >= 4 is 46.1 Å². The lowest BCUT2D eigenvalue weighted by molar-refractivity contribution is 0.0404. The van der Waals surface area contributed by atoms with E-state index in [1.54, 1.807) is 24.3 Å². The molecule has 5 aliphatic heterocycles. The summed E-state index contributed by atoms with van der Waals surface area (Å²) in [6.07, 6.45) is 0. The van der Waals surface area contributed by atoms with Gasteiger partial charge in [-0.2, -0.15) is 0 Å². The number of anilines is 1. The third-order valence-corrected chi connectivity index (χ3v) is 6.29. The van der Waals surface area contributed by atoms with Gasteiger partial charge in [-0.1, -0.05) is 6.07 Å². The Morgan fingerprint density at radius 1 is 0.588 bits per heavy atom. The predicted molar refractivity (Wildman–Crippen MR) is 118 cm³/mol. The molecule has 0 saturated heterocycles. The fourth-order valence-electron chi connectivity index (χ4n) is 4.70. The topological polar surface area (TPSA) is 110 Å². The maximum atomic E-state index is 13.2. The van der Waals surface area contributed by atoms with Crippen LogP contribution in [0.5, 0.6) is 0 Å². The Hall–Kier alpha value is -4.53. The molecule has 8 rings (SSSR count). The molecule has 9 nitrogen and oxygen atoms in total. The molecule has 0 N–H and O–H groups in total. The number of benzene rings is 3. The van der Waals surface area contributed by atoms with Crippen LogP contribution in [-0.4, -0.2) is 60.9 Å². The van der Waals surface area contributed by atoms with E-state index < -0.39 is 23.8 Å². The van der Waals surface area contributed by atoms with Crippen LogP contribution in [0.25, 0.3) is 10.8 Å². The summed E-state index contributed by atoms with van der Waals surface area (Å²) in [6.45, 7) is -0.361. The predicted octanol–water partition coefficient (Wildman–Crippen LogP) is 2.42. The molecule has 9 heteroatoms. The molecule has 9 bridgehead atoms. The van der Waals surface area contributed by atoms with E-state index in [1.165, 1.54) is 29.2 Å². The Labute approximate surface area is 192 Å². The van der Waals surface area contributed by atoms with Crippen LogP contribution in [0.1, 0.15) is 51.8 Å². The van der Waals surface area contributed by atoms with Crippen molar-refractivity contribution in [1.29, 1.82) is 0 Å². The van der Waals surface area contributed by atoms with Crippen LogP contribution in [0.15, 0.2) is 48.5 Å². The summed E-state index contributed by atoms with van der Waals surface area (Å²) in [5.41, 5.74) is 1.85. The lowest BCUT2D eigenvalue weighted by Gasteiger charge is -2.27. The minimum Gasteiger partial charge on any atom is -0.460 e. The second-order valence-electron chi connectivity index (χ2n) is 8.11. The van der Waals surface area contributed by atoms with Crippen molar-refractivity contribution in [2.75, 3.05) is 31.2 Å². The fraction of sp³-hybridized carbons (Fsp3) is 0.160. The van der Waals surface area contributed by atoms with Crippen molar-refractivity contribution in [2.24, 2.45) is 0 Å². The third kappa shape index (κ3) is 2.76. The number of hydrogen-bond donors (Lipinski definition) is 0. The highest BCUT2D eigenvalue weighted by Gasteiger charge is 2.38. The number of nitrogens with zero attached hydrogens (tertiary/aromatic N) is 2. The maximum absolute atomic E-state index is 13.2. The molecule has 168 valence electrons. The van der Waals surface area contributed by atoms with Crippen molar-refractivity contribution in [3.8, 4) is 0 Å². The molecule has 0 fully saturated rings. The van der Waals surface area contributed by atoms with Gasteiger partial charge in [-0.05, 0) is 42.5 Å². The number of carbonyl (C=O) groups is 5. The number of ether oxygens (including phenoxy) is 2. The molecule has 0 atom stereocenters. The van der Waals surface area contributed by atoms with Crippen molar-refractivity contribution in [2.45, 2.75) is 0 Å². The summed E-state index contributed by atoms with van der Waals surface area (Å²) < 4.78 is 10.6. The number of rotatable bonds is 0. The van der Waals surface area contributed by atoms with Gasteiger partial charge in [0.2, 0.25) is 0 Å². The Balaban J connectivity index is 1.47. The highest BCUT2D eigenvalue weighted by atomic mass is 16.5. The SMILES string of the molecule is O=C1OCCN2C(=O)c3ccc4c5c(ccc(c35)C2=O)N(CCOC(=O)c2cccc1c2)C4=O. The van der Waals surface area contributed by atoms with Crippen LogP contribution >= 0.6 is 0 Å². The zero-order valence-electron chi connectivity index (χ0n) is 17.7. The molecule has 0 spiro atoms. The fourth-order valence-corrected chi connectivity index (χ4v) is 4.70. The van der Waals surface area contributed by atoms with E-state index in [2.05, 4.69) is 0 Å². The van der Waals surface area contributed by atoms with Gasteiger partial charge in [0.1, 0.15) is 13.2 Å². The monoisotopic (exact) mass is 456 g/mol. The van der Waals surface area contributed by atoms with Crippen LogP contribution in [0.4, 0.5) is 5.69 Å². The Morgan fingerprint density at radius 3 is 1.71 bits per heavy atom. The van der Waals surface area contributed by atoms with Gasteiger partial charge in [-0.15, -0.1) is 0 Å². The van der Waals surface area contributed by atoms with Crippen LogP contribution in [-0.2, 0) is 9.47 Å². The van der Waals surface area contributed by atoms with Gasteiger partial charge in [-0.25, -0.2) is 9.59 Å². The minimum absolute atomic E-state index is 0.0821. The second-order valence-corrected chi connectivity index (χ2v) is 8.11. The van der Waals surface area contributed by atoms with Crippen molar-refractivity contribution in [1.82, 2.24) is 4.90 Å². The summed E-state index contributed by atoms with van der Waals surface area (Å²) in [7, 11) is 0. The average molecular weight is 456 g/mol. The second kappa shape index (κ2) is 7.24. The minimum atomic E-state index is -0.695. The maximum Gasteiger partial charge on any atom is 0.338 e. The first-order valence-corrected chi connectivity index (χ1v) is 10.7. The summed E-state index contributed by atoms with van der Waals surface area (Å²) in [4.78, 5) is 67.0. The Kier molecular flexibility index (Phi) is 4.28. The smallest absolute Gasteiger partial charge is 0.338 e. The first kappa shape index (κ1) is 20.1. The third-order valence-electron chi connectivity index (χ3n) is 6.29. The number of imide groups is 1. The highest BCUT2D eigenvalue weighted by molar-refractivity contribution is 6.33. The molecule has 3 amide bonds. The van der Waals surface area contributed by atoms with Gasteiger partial charge in [-0.3, -0.25) is 19.3 Å². The molecule has 0 unspecified atom stereocenters. The van der Waals surface area contributed by atoms with Gasteiger partial charge in [0, 0.05) is 27.5 Å². The molecule has 0 aromatic heterocycles. The average Bonchev–Trinajstić information content (AvgIpc) is 3.12. The lowest BCUT2D eigenvalue weighted by atomic mass is 9.91. The summed E-state index contributed by atoms with van der Waals surface area (Å²) in [6, 6.07) is 12.2. The quantitative estimate of drug-likeness (QED) is 0.377. The zero-order chi connectivity index (χ0) is 23.6. The van der Waals surface area contributed by atoms with Gasteiger partial charge in [0.15, 0.2) is 0 Å². The molecule has 3 aromatic carbocycles. The van der Waals surface area contributed by atoms with E-state index in [4.69, 9.17) is 9.47 Å². The molecule has 5 aliphatic rings. The first-order chi connectivity index (χ1) is 16.5. The van der Waals surface area contributed by atoms with Crippen LogP contribution in [0.2, 0.25) is 0 Å². The Morgan fingerprint density at radius 2 is 1.09 bits per heavy atom. The molecular formula is C25H16N2O7. The number of hydrogen-bond acceptors (Lipinski definition) is 7. The molecule has 0 radical (unpaired) electrons. The van der Waals surface area contributed by atoms with Gasteiger partial charge in [0.25, 0.3) is 17.7 Å². The molecule has 3 aromatic rings. The van der Waals surface area contributed by atoms with Gasteiger partial charge >= 0.3 is 11.9 Å². The number of esters is 2. The van der Waals surface area contributed by atoms with E-state index in [0.29, 0.717) is 33.2 Å². The largest absolute Gasteiger partial charge is 0.460 e. The number of fused-ring (bicyclic) bond motifs is 1. The molecule has 5 heterocycles. The normalized spacial score (nSPS) is 17.6. The number of amides is 3. The van der Waals surface area contributed by atoms with E-state index in [1.807, 2.05) is 0 Å². The van der Waals surface area contributed by atoms with Crippen molar-refractivity contribution in [3.63, 3.8) is 0 Å².